The van der Waals surface area contributed by atoms with Gasteiger partial charge in [-0.2, -0.15) is 0 Å². The Morgan fingerprint density at radius 3 is 2.38 bits per heavy atom. The summed E-state index contributed by atoms with van der Waals surface area (Å²) in [5, 5.41) is 0. The molecule has 3 heterocycles. The van der Waals surface area contributed by atoms with Crippen molar-refractivity contribution in [2.45, 2.75) is 25.7 Å². The van der Waals surface area contributed by atoms with Crippen LogP contribution in [0.5, 0.6) is 0 Å². The summed E-state index contributed by atoms with van der Waals surface area (Å²) in [6.45, 7) is 2.59. The van der Waals surface area contributed by atoms with E-state index in [1.54, 1.807) is 5.70 Å². The van der Waals surface area contributed by atoms with E-state index in [0.29, 0.717) is 0 Å². The Morgan fingerprint density at radius 1 is 1.00 bits per heavy atom. The van der Waals surface area contributed by atoms with Gasteiger partial charge in [0.15, 0.2) is 0 Å². The summed E-state index contributed by atoms with van der Waals surface area (Å²) in [7, 11) is 0. The van der Waals surface area contributed by atoms with Crippen LogP contribution in [0, 0.1) is 5.92 Å². The predicted octanol–water partition coefficient (Wildman–Crippen LogP) is 3.23. The SMILES string of the molecule is C1=C(CCc2ccccc2)N2CCC1CC2. The third-order valence-corrected chi connectivity index (χ3v) is 3.89. The van der Waals surface area contributed by atoms with Crippen molar-refractivity contribution in [2.75, 3.05) is 13.1 Å². The second-order valence-electron chi connectivity index (χ2n) is 4.97. The Kier molecular flexibility index (Phi) is 2.69. The highest BCUT2D eigenvalue weighted by Gasteiger charge is 2.25. The lowest BCUT2D eigenvalue weighted by Crippen LogP contribution is -2.37. The molecule has 0 N–H and O–H groups in total. The average Bonchev–Trinajstić information content (AvgIpc) is 2.39. The third-order valence-electron chi connectivity index (χ3n) is 3.89. The number of hydrogen-bond acceptors (Lipinski definition) is 1. The predicted molar refractivity (Wildman–Crippen MR) is 67.1 cm³/mol. The normalized spacial score (nSPS) is 20.0. The molecule has 0 spiro atoms. The molecule has 4 rings (SSSR count). The maximum atomic E-state index is 2.59. The third kappa shape index (κ3) is 1.99. The lowest BCUT2D eigenvalue weighted by molar-refractivity contribution is 0.212. The molecule has 1 saturated heterocycles. The van der Waals surface area contributed by atoms with Crippen LogP contribution in [0.15, 0.2) is 42.1 Å². The van der Waals surface area contributed by atoms with Crippen LogP contribution in [0.3, 0.4) is 0 Å². The number of rotatable bonds is 3. The van der Waals surface area contributed by atoms with Crippen LogP contribution in [0.2, 0.25) is 0 Å². The lowest BCUT2D eigenvalue weighted by Gasteiger charge is -2.40. The maximum absolute atomic E-state index is 2.59. The van der Waals surface area contributed by atoms with E-state index in [1.165, 1.54) is 44.3 Å². The molecule has 1 nitrogen and oxygen atoms in total. The van der Waals surface area contributed by atoms with E-state index < -0.39 is 0 Å². The summed E-state index contributed by atoms with van der Waals surface area (Å²) in [5.41, 5.74) is 3.07. The van der Waals surface area contributed by atoms with Crippen LogP contribution in [0.4, 0.5) is 0 Å². The molecule has 0 saturated carbocycles. The Morgan fingerprint density at radius 2 is 1.75 bits per heavy atom. The highest BCUT2D eigenvalue weighted by molar-refractivity contribution is 5.18. The number of benzene rings is 1. The summed E-state index contributed by atoms with van der Waals surface area (Å²) in [6.07, 6.45) is 7.70. The molecule has 2 bridgehead atoms. The monoisotopic (exact) mass is 213 g/mol. The molecule has 0 aliphatic carbocycles. The topological polar surface area (TPSA) is 3.24 Å². The number of nitrogens with zero attached hydrogens (tertiary/aromatic N) is 1. The smallest absolute Gasteiger partial charge is 0.0180 e. The van der Waals surface area contributed by atoms with Gasteiger partial charge in [0.05, 0.1) is 0 Å². The Hall–Kier alpha value is -1.24. The van der Waals surface area contributed by atoms with E-state index in [0.717, 1.165) is 5.92 Å². The Bertz CT molecular complexity index is 372. The molecule has 1 aromatic carbocycles. The number of fused-ring (bicyclic) bond motifs is 2. The molecule has 0 amide bonds. The van der Waals surface area contributed by atoms with E-state index in [9.17, 15) is 0 Å². The standard InChI is InChI=1S/C15H19N/c1-2-4-13(5-3-1)6-7-15-12-14-8-10-16(15)11-9-14/h1-5,12,14H,6-11H2. The van der Waals surface area contributed by atoms with Gasteiger partial charge < -0.3 is 4.90 Å². The number of piperidine rings is 1. The first-order chi connectivity index (χ1) is 7.92. The molecule has 1 fully saturated rings. The molecule has 3 aliphatic heterocycles. The fourth-order valence-corrected chi connectivity index (χ4v) is 2.89. The zero-order valence-electron chi connectivity index (χ0n) is 9.73. The summed E-state index contributed by atoms with van der Waals surface area (Å²) in [4.78, 5) is 2.59. The minimum atomic E-state index is 0.885. The summed E-state index contributed by atoms with van der Waals surface area (Å²) >= 11 is 0. The van der Waals surface area contributed by atoms with Gasteiger partial charge in [-0.15, -0.1) is 0 Å². The van der Waals surface area contributed by atoms with Crippen molar-refractivity contribution in [3.8, 4) is 0 Å². The maximum Gasteiger partial charge on any atom is 0.0180 e. The molecule has 16 heavy (non-hydrogen) atoms. The van der Waals surface area contributed by atoms with E-state index in [2.05, 4.69) is 41.3 Å². The van der Waals surface area contributed by atoms with Crippen LogP contribution >= 0.6 is 0 Å². The van der Waals surface area contributed by atoms with Crippen LogP contribution in [-0.4, -0.2) is 18.0 Å². The highest BCUT2D eigenvalue weighted by atomic mass is 15.1. The molecule has 0 radical (unpaired) electrons. The molecular formula is C15H19N. The molecule has 0 atom stereocenters. The van der Waals surface area contributed by atoms with Gasteiger partial charge in [0.1, 0.15) is 0 Å². The largest absolute Gasteiger partial charge is 0.375 e. The van der Waals surface area contributed by atoms with Crippen LogP contribution in [0.25, 0.3) is 0 Å². The first-order valence-electron chi connectivity index (χ1n) is 6.41. The van der Waals surface area contributed by atoms with Crippen LogP contribution in [-0.2, 0) is 6.42 Å². The van der Waals surface area contributed by atoms with Crippen molar-refractivity contribution in [2.24, 2.45) is 5.92 Å². The van der Waals surface area contributed by atoms with Crippen LogP contribution in [0.1, 0.15) is 24.8 Å². The Labute approximate surface area is 97.8 Å². The highest BCUT2D eigenvalue weighted by Crippen LogP contribution is 2.31. The lowest BCUT2D eigenvalue weighted by atomic mass is 9.89. The molecule has 0 aromatic heterocycles. The quantitative estimate of drug-likeness (QED) is 0.745. The van der Waals surface area contributed by atoms with Gasteiger partial charge in [-0.3, -0.25) is 0 Å². The first kappa shape index (κ1) is 9.95. The molecule has 84 valence electrons. The summed E-state index contributed by atoms with van der Waals surface area (Å²) in [5.74, 6) is 0.885. The van der Waals surface area contributed by atoms with Crippen molar-refractivity contribution >= 4 is 0 Å². The van der Waals surface area contributed by atoms with Crippen molar-refractivity contribution < 1.29 is 0 Å². The van der Waals surface area contributed by atoms with Gasteiger partial charge in [0.2, 0.25) is 0 Å². The molecule has 1 aromatic rings. The van der Waals surface area contributed by atoms with E-state index >= 15 is 0 Å². The van der Waals surface area contributed by atoms with Gasteiger partial charge in [0.25, 0.3) is 0 Å². The van der Waals surface area contributed by atoms with Gasteiger partial charge in [-0.25, -0.2) is 0 Å². The zero-order chi connectivity index (χ0) is 10.8. The fourth-order valence-electron chi connectivity index (χ4n) is 2.89. The molecule has 3 aliphatic rings. The van der Waals surface area contributed by atoms with E-state index in [-0.39, 0.29) is 0 Å². The van der Waals surface area contributed by atoms with Gasteiger partial charge >= 0.3 is 0 Å². The van der Waals surface area contributed by atoms with Gasteiger partial charge in [-0.1, -0.05) is 36.4 Å². The van der Waals surface area contributed by atoms with Crippen molar-refractivity contribution in [1.29, 1.82) is 0 Å². The molecular weight excluding hydrogens is 194 g/mol. The van der Waals surface area contributed by atoms with Crippen molar-refractivity contribution in [1.82, 2.24) is 4.90 Å². The second kappa shape index (κ2) is 4.32. The summed E-state index contributed by atoms with van der Waals surface area (Å²) < 4.78 is 0. The van der Waals surface area contributed by atoms with E-state index in [1.807, 2.05) is 0 Å². The minimum Gasteiger partial charge on any atom is -0.375 e. The fraction of sp³-hybridized carbons (Fsp3) is 0.467. The average molecular weight is 213 g/mol. The number of aryl methyl sites for hydroxylation is 1. The zero-order valence-corrected chi connectivity index (χ0v) is 9.73. The molecule has 0 unspecified atom stereocenters. The van der Waals surface area contributed by atoms with Crippen molar-refractivity contribution in [3.63, 3.8) is 0 Å². The number of allylic oxidation sites excluding steroid dienone is 2. The van der Waals surface area contributed by atoms with Crippen molar-refractivity contribution in [3.05, 3.63) is 47.7 Å². The summed E-state index contributed by atoms with van der Waals surface area (Å²) in [6, 6.07) is 10.8. The molecule has 1 heteroatoms. The Balaban J connectivity index is 1.64. The number of hydrogen-bond donors (Lipinski definition) is 0. The second-order valence-corrected chi connectivity index (χ2v) is 4.97. The first-order valence-corrected chi connectivity index (χ1v) is 6.41. The minimum absolute atomic E-state index is 0.885. The van der Waals surface area contributed by atoms with Crippen LogP contribution < -0.4 is 0 Å². The van der Waals surface area contributed by atoms with Gasteiger partial charge in [-0.05, 0) is 37.2 Å². The van der Waals surface area contributed by atoms with Gasteiger partial charge in [0, 0.05) is 18.8 Å². The van der Waals surface area contributed by atoms with E-state index in [4.69, 9.17) is 0 Å².